The highest BCUT2D eigenvalue weighted by atomic mass is 79.9. The van der Waals surface area contributed by atoms with E-state index in [4.69, 9.17) is 11.6 Å². The molecule has 0 atom stereocenters. The molecule has 0 radical (unpaired) electrons. The zero-order valence-corrected chi connectivity index (χ0v) is 15.8. The fourth-order valence-electron chi connectivity index (χ4n) is 2.61. The second-order valence-corrected chi connectivity index (χ2v) is 8.95. The van der Waals surface area contributed by atoms with Crippen LogP contribution in [0.15, 0.2) is 46.9 Å². The largest absolute Gasteiger partial charge is 0.352 e. The van der Waals surface area contributed by atoms with Gasteiger partial charge in [0.25, 0.3) is 0 Å². The second-order valence-electron chi connectivity index (χ2n) is 5.55. The fraction of sp³-hybridized carbons (Fsp3) is 0.118. The van der Waals surface area contributed by atoms with Crippen LogP contribution in [0.5, 0.6) is 0 Å². The Labute approximate surface area is 152 Å². The smallest absolute Gasteiger partial charge is 0.194 e. The van der Waals surface area contributed by atoms with Gasteiger partial charge in [0.1, 0.15) is 5.75 Å². The Morgan fingerprint density at radius 2 is 1.88 bits per heavy atom. The maximum absolute atomic E-state index is 12.5. The SMILES string of the molecule is CS(=O)(=O)CC(=O)c1[nH]c2cc(Br)c(Cl)cc2c1-c1ccccc1. The third-order valence-electron chi connectivity index (χ3n) is 3.57. The number of H-pyrrole nitrogens is 1. The van der Waals surface area contributed by atoms with E-state index in [2.05, 4.69) is 20.9 Å². The Bertz CT molecular complexity index is 1040. The molecule has 1 aromatic heterocycles. The van der Waals surface area contributed by atoms with Crippen LogP contribution < -0.4 is 0 Å². The van der Waals surface area contributed by atoms with Crippen molar-refractivity contribution in [3.05, 3.63) is 57.7 Å². The van der Waals surface area contributed by atoms with Crippen LogP contribution in [-0.2, 0) is 9.84 Å². The summed E-state index contributed by atoms with van der Waals surface area (Å²) in [5, 5.41) is 1.28. The molecule has 7 heteroatoms. The van der Waals surface area contributed by atoms with E-state index < -0.39 is 21.4 Å². The molecule has 1 N–H and O–H groups in total. The first-order valence-corrected chi connectivity index (χ1v) is 10.3. The molecular formula is C17H13BrClNO3S. The number of Topliss-reactive ketones (excluding diaryl/α,β-unsaturated/α-hetero) is 1. The van der Waals surface area contributed by atoms with Crippen molar-refractivity contribution in [2.45, 2.75) is 0 Å². The molecule has 0 saturated heterocycles. The Balaban J connectivity index is 2.30. The van der Waals surface area contributed by atoms with Crippen LogP contribution >= 0.6 is 27.5 Å². The van der Waals surface area contributed by atoms with Crippen LogP contribution in [0.25, 0.3) is 22.0 Å². The predicted octanol–water partition coefficient (Wildman–Crippen LogP) is 4.48. The number of aromatic amines is 1. The van der Waals surface area contributed by atoms with Gasteiger partial charge >= 0.3 is 0 Å². The number of ketones is 1. The Morgan fingerprint density at radius 3 is 2.50 bits per heavy atom. The Hall–Kier alpha value is -1.63. The highest BCUT2D eigenvalue weighted by Gasteiger charge is 2.22. The molecule has 3 rings (SSSR count). The van der Waals surface area contributed by atoms with Gasteiger partial charge < -0.3 is 4.98 Å². The number of hydrogen-bond acceptors (Lipinski definition) is 3. The van der Waals surface area contributed by atoms with E-state index in [1.54, 1.807) is 12.1 Å². The number of hydrogen-bond donors (Lipinski definition) is 1. The van der Waals surface area contributed by atoms with Crippen molar-refractivity contribution < 1.29 is 13.2 Å². The summed E-state index contributed by atoms with van der Waals surface area (Å²) in [5.74, 6) is -1.02. The number of carbonyl (C=O) groups is 1. The zero-order chi connectivity index (χ0) is 17.5. The van der Waals surface area contributed by atoms with Gasteiger partial charge in [-0.25, -0.2) is 8.42 Å². The summed E-state index contributed by atoms with van der Waals surface area (Å²) in [6.45, 7) is 0. The van der Waals surface area contributed by atoms with Crippen LogP contribution in [0.3, 0.4) is 0 Å². The number of carbonyl (C=O) groups excluding carboxylic acids is 1. The zero-order valence-electron chi connectivity index (χ0n) is 12.6. The third kappa shape index (κ3) is 3.41. The van der Waals surface area contributed by atoms with Gasteiger partial charge in [-0.3, -0.25) is 4.79 Å². The minimum atomic E-state index is -3.43. The van der Waals surface area contributed by atoms with Crippen molar-refractivity contribution in [3.63, 3.8) is 0 Å². The molecule has 0 aliphatic rings. The van der Waals surface area contributed by atoms with Crippen LogP contribution in [0, 0.1) is 0 Å². The predicted molar refractivity (Wildman–Crippen MR) is 100 cm³/mol. The molecule has 2 aromatic carbocycles. The van der Waals surface area contributed by atoms with Crippen molar-refractivity contribution in [2.24, 2.45) is 0 Å². The fourth-order valence-corrected chi connectivity index (χ4v) is 3.74. The lowest BCUT2D eigenvalue weighted by atomic mass is 10.0. The number of sulfone groups is 1. The molecular weight excluding hydrogens is 414 g/mol. The summed E-state index contributed by atoms with van der Waals surface area (Å²) in [6.07, 6.45) is 1.04. The van der Waals surface area contributed by atoms with Gasteiger partial charge in [-0.15, -0.1) is 0 Å². The molecule has 0 fully saturated rings. The van der Waals surface area contributed by atoms with E-state index in [-0.39, 0.29) is 5.69 Å². The Morgan fingerprint density at radius 1 is 1.21 bits per heavy atom. The number of fused-ring (bicyclic) bond motifs is 1. The van der Waals surface area contributed by atoms with E-state index >= 15 is 0 Å². The second kappa shape index (κ2) is 6.35. The highest BCUT2D eigenvalue weighted by molar-refractivity contribution is 9.10. The number of benzene rings is 2. The maximum atomic E-state index is 12.5. The monoisotopic (exact) mass is 425 g/mol. The number of halogens is 2. The molecule has 0 bridgehead atoms. The first-order chi connectivity index (χ1) is 11.3. The van der Waals surface area contributed by atoms with E-state index in [1.165, 1.54) is 0 Å². The summed E-state index contributed by atoms with van der Waals surface area (Å²) in [5.41, 5.74) is 2.46. The molecule has 3 aromatic rings. The van der Waals surface area contributed by atoms with Crippen molar-refractivity contribution in [1.29, 1.82) is 0 Å². The molecule has 0 aliphatic carbocycles. The average Bonchev–Trinajstić information content (AvgIpc) is 2.85. The lowest BCUT2D eigenvalue weighted by Gasteiger charge is -2.05. The molecule has 0 spiro atoms. The van der Waals surface area contributed by atoms with Gasteiger partial charge in [0.15, 0.2) is 15.6 Å². The molecule has 1 heterocycles. The van der Waals surface area contributed by atoms with Crippen molar-refractivity contribution in [2.75, 3.05) is 12.0 Å². The highest BCUT2D eigenvalue weighted by Crippen LogP contribution is 2.37. The van der Waals surface area contributed by atoms with Gasteiger partial charge in [-0.05, 0) is 33.6 Å². The first kappa shape index (κ1) is 17.2. The van der Waals surface area contributed by atoms with Gasteiger partial charge in [0, 0.05) is 27.2 Å². The molecule has 0 amide bonds. The number of aromatic nitrogens is 1. The minimum Gasteiger partial charge on any atom is -0.352 e. The third-order valence-corrected chi connectivity index (χ3v) is 5.56. The van der Waals surface area contributed by atoms with Crippen LogP contribution in [0.4, 0.5) is 0 Å². The lowest BCUT2D eigenvalue weighted by molar-refractivity contribution is 0.101. The van der Waals surface area contributed by atoms with Crippen LogP contribution in [0.1, 0.15) is 10.5 Å². The maximum Gasteiger partial charge on any atom is 0.194 e. The summed E-state index contributed by atoms with van der Waals surface area (Å²) < 4.78 is 23.7. The van der Waals surface area contributed by atoms with Gasteiger partial charge in [-0.2, -0.15) is 0 Å². The molecule has 24 heavy (non-hydrogen) atoms. The molecule has 124 valence electrons. The summed E-state index contributed by atoms with van der Waals surface area (Å²) >= 11 is 9.56. The van der Waals surface area contributed by atoms with Crippen molar-refractivity contribution >= 4 is 54.1 Å². The molecule has 0 unspecified atom stereocenters. The number of nitrogens with one attached hydrogen (secondary N) is 1. The van der Waals surface area contributed by atoms with E-state index in [9.17, 15) is 13.2 Å². The van der Waals surface area contributed by atoms with E-state index in [0.29, 0.717) is 20.6 Å². The van der Waals surface area contributed by atoms with Gasteiger partial charge in [0.2, 0.25) is 0 Å². The molecule has 0 aliphatic heterocycles. The average molecular weight is 427 g/mol. The summed E-state index contributed by atoms with van der Waals surface area (Å²) in [7, 11) is -3.43. The van der Waals surface area contributed by atoms with E-state index in [0.717, 1.165) is 17.2 Å². The van der Waals surface area contributed by atoms with Gasteiger partial charge in [-0.1, -0.05) is 41.9 Å². The van der Waals surface area contributed by atoms with E-state index in [1.807, 2.05) is 30.3 Å². The quantitative estimate of drug-likeness (QED) is 0.626. The first-order valence-electron chi connectivity index (χ1n) is 7.03. The van der Waals surface area contributed by atoms with Gasteiger partial charge in [0.05, 0.1) is 10.7 Å². The molecule has 4 nitrogen and oxygen atoms in total. The topological polar surface area (TPSA) is 67.0 Å². The number of rotatable bonds is 4. The lowest BCUT2D eigenvalue weighted by Crippen LogP contribution is -2.15. The van der Waals surface area contributed by atoms with Crippen molar-refractivity contribution in [3.8, 4) is 11.1 Å². The van der Waals surface area contributed by atoms with Crippen LogP contribution in [0.2, 0.25) is 5.02 Å². The standard InChI is InChI=1S/C17H13BrClNO3S/c1-24(22,23)9-15(21)17-16(10-5-3-2-4-6-10)11-7-13(19)12(18)8-14(11)20-17/h2-8,20H,9H2,1H3. The minimum absolute atomic E-state index is 0.274. The molecule has 0 saturated carbocycles. The summed E-state index contributed by atoms with van der Waals surface area (Å²) in [6, 6.07) is 12.9. The van der Waals surface area contributed by atoms with Crippen LogP contribution in [-0.4, -0.2) is 31.2 Å². The Kier molecular flexibility index (Phi) is 4.55. The normalized spacial score (nSPS) is 11.8. The summed E-state index contributed by atoms with van der Waals surface area (Å²) in [4.78, 5) is 15.6. The van der Waals surface area contributed by atoms with Crippen molar-refractivity contribution in [1.82, 2.24) is 4.98 Å².